The fourth-order valence-electron chi connectivity index (χ4n) is 3.20. The van der Waals surface area contributed by atoms with Crippen molar-refractivity contribution in [3.63, 3.8) is 0 Å². The summed E-state index contributed by atoms with van der Waals surface area (Å²) in [5.74, 6) is -0.667. The number of anilines is 1. The van der Waals surface area contributed by atoms with Gasteiger partial charge < -0.3 is 14.2 Å². The smallest absolute Gasteiger partial charge is 0.351 e. The number of fused-ring (bicyclic) bond motifs is 1. The van der Waals surface area contributed by atoms with E-state index in [9.17, 15) is 9.59 Å². The van der Waals surface area contributed by atoms with Crippen LogP contribution in [0.5, 0.6) is 0 Å². The lowest BCUT2D eigenvalue weighted by atomic mass is 10.2. The monoisotopic (exact) mass is 366 g/mol. The third kappa shape index (κ3) is 2.93. The van der Waals surface area contributed by atoms with Gasteiger partial charge in [0.05, 0.1) is 5.69 Å². The number of carbonyl (C=O) groups excluding carboxylic acids is 2. The Morgan fingerprint density at radius 1 is 1.08 bits per heavy atom. The molecule has 0 spiro atoms. The SMILES string of the molecule is CC(OC(=O)c1sccc1-n1cccc1)C(=O)N1CCc2ccccc21. The molecule has 1 amide bonds. The number of rotatable bonds is 4. The Kier molecular flexibility index (Phi) is 4.34. The zero-order valence-electron chi connectivity index (χ0n) is 14.3. The second kappa shape index (κ2) is 6.80. The van der Waals surface area contributed by atoms with Crippen LogP contribution in [-0.2, 0) is 16.0 Å². The summed E-state index contributed by atoms with van der Waals surface area (Å²) in [6, 6.07) is 13.5. The molecule has 0 bridgehead atoms. The number of aromatic nitrogens is 1. The van der Waals surface area contributed by atoms with Gasteiger partial charge in [-0.1, -0.05) is 18.2 Å². The maximum atomic E-state index is 12.8. The lowest BCUT2D eigenvalue weighted by Crippen LogP contribution is -2.39. The number of hydrogen-bond donors (Lipinski definition) is 0. The molecule has 3 heterocycles. The van der Waals surface area contributed by atoms with E-state index in [4.69, 9.17) is 4.74 Å². The summed E-state index contributed by atoms with van der Waals surface area (Å²) in [7, 11) is 0. The maximum Gasteiger partial charge on any atom is 0.351 e. The average molecular weight is 366 g/mol. The first-order valence-corrected chi connectivity index (χ1v) is 9.34. The van der Waals surface area contributed by atoms with Crippen LogP contribution in [0, 0.1) is 0 Å². The molecule has 0 saturated heterocycles. The summed E-state index contributed by atoms with van der Waals surface area (Å²) in [5, 5.41) is 1.84. The van der Waals surface area contributed by atoms with E-state index in [0.717, 1.165) is 23.4 Å². The van der Waals surface area contributed by atoms with Crippen LogP contribution in [0.25, 0.3) is 5.69 Å². The van der Waals surface area contributed by atoms with Crippen LogP contribution in [-0.4, -0.2) is 29.1 Å². The highest BCUT2D eigenvalue weighted by Crippen LogP contribution is 2.29. The largest absolute Gasteiger partial charge is 0.448 e. The predicted molar refractivity (Wildman–Crippen MR) is 101 cm³/mol. The highest BCUT2D eigenvalue weighted by Gasteiger charge is 2.30. The van der Waals surface area contributed by atoms with Crippen molar-refractivity contribution >= 4 is 28.9 Å². The molecule has 0 saturated carbocycles. The van der Waals surface area contributed by atoms with Crippen molar-refractivity contribution in [3.05, 3.63) is 70.7 Å². The second-order valence-corrected chi connectivity index (χ2v) is 7.06. The zero-order valence-corrected chi connectivity index (χ0v) is 15.1. The Labute approximate surface area is 155 Å². The van der Waals surface area contributed by atoms with E-state index in [-0.39, 0.29) is 5.91 Å². The molecular formula is C20H18N2O3S. The van der Waals surface area contributed by atoms with Gasteiger partial charge in [-0.25, -0.2) is 4.79 Å². The Hall–Kier alpha value is -2.86. The van der Waals surface area contributed by atoms with E-state index in [1.54, 1.807) is 11.8 Å². The molecule has 132 valence electrons. The van der Waals surface area contributed by atoms with Gasteiger partial charge in [0, 0.05) is 24.6 Å². The number of para-hydroxylation sites is 1. The van der Waals surface area contributed by atoms with Gasteiger partial charge >= 0.3 is 5.97 Å². The summed E-state index contributed by atoms with van der Waals surface area (Å²) < 4.78 is 7.35. The minimum absolute atomic E-state index is 0.192. The molecule has 0 N–H and O–H groups in total. The minimum atomic E-state index is -0.840. The van der Waals surface area contributed by atoms with E-state index in [1.807, 2.05) is 64.8 Å². The van der Waals surface area contributed by atoms with Crippen molar-refractivity contribution in [2.45, 2.75) is 19.4 Å². The molecule has 1 aromatic carbocycles. The minimum Gasteiger partial charge on any atom is -0.448 e. The Balaban J connectivity index is 1.49. The third-order valence-electron chi connectivity index (χ3n) is 4.50. The Morgan fingerprint density at radius 3 is 2.65 bits per heavy atom. The highest BCUT2D eigenvalue weighted by atomic mass is 32.1. The van der Waals surface area contributed by atoms with Crippen LogP contribution < -0.4 is 4.90 Å². The molecule has 1 atom stereocenters. The van der Waals surface area contributed by atoms with Gasteiger partial charge in [-0.05, 0) is 48.6 Å². The maximum absolute atomic E-state index is 12.8. The van der Waals surface area contributed by atoms with Crippen LogP contribution >= 0.6 is 11.3 Å². The first-order chi connectivity index (χ1) is 12.6. The number of amides is 1. The molecule has 0 radical (unpaired) electrons. The lowest BCUT2D eigenvalue weighted by Gasteiger charge is -2.21. The van der Waals surface area contributed by atoms with Crippen LogP contribution in [0.15, 0.2) is 60.2 Å². The number of hydrogen-bond acceptors (Lipinski definition) is 4. The number of benzene rings is 1. The average Bonchev–Trinajstić information content (AvgIpc) is 3.39. The van der Waals surface area contributed by atoms with Crippen molar-refractivity contribution < 1.29 is 14.3 Å². The van der Waals surface area contributed by atoms with Gasteiger partial charge in [0.15, 0.2) is 6.10 Å². The molecule has 1 aliphatic heterocycles. The summed E-state index contributed by atoms with van der Waals surface area (Å²) >= 11 is 1.31. The van der Waals surface area contributed by atoms with E-state index in [2.05, 4.69) is 0 Å². The number of ether oxygens (including phenoxy) is 1. The van der Waals surface area contributed by atoms with Gasteiger partial charge in [-0.15, -0.1) is 11.3 Å². The summed E-state index contributed by atoms with van der Waals surface area (Å²) in [5.41, 5.74) is 2.81. The first-order valence-electron chi connectivity index (χ1n) is 8.46. The molecule has 26 heavy (non-hydrogen) atoms. The predicted octanol–water partition coefficient (Wildman–Crippen LogP) is 3.67. The fraction of sp³-hybridized carbons (Fsp3) is 0.200. The summed E-state index contributed by atoms with van der Waals surface area (Å²) in [6.45, 7) is 2.25. The second-order valence-electron chi connectivity index (χ2n) is 6.14. The van der Waals surface area contributed by atoms with E-state index in [0.29, 0.717) is 11.4 Å². The van der Waals surface area contributed by atoms with E-state index in [1.165, 1.54) is 11.3 Å². The molecule has 2 aromatic heterocycles. The standard InChI is InChI=1S/C20H18N2O3S/c1-14(19(23)22-12-8-15-6-2-3-7-16(15)22)25-20(24)18-17(9-13-26-18)21-10-4-5-11-21/h2-7,9-11,13-14H,8,12H2,1H3. The van der Waals surface area contributed by atoms with Gasteiger partial charge in [0.1, 0.15) is 4.88 Å². The number of thiophene rings is 1. The summed E-state index contributed by atoms with van der Waals surface area (Å²) in [6.07, 6.45) is 3.72. The van der Waals surface area contributed by atoms with Crippen LogP contribution in [0.1, 0.15) is 22.2 Å². The van der Waals surface area contributed by atoms with Crippen molar-refractivity contribution in [1.29, 1.82) is 0 Å². The molecular weight excluding hydrogens is 348 g/mol. The molecule has 0 aliphatic carbocycles. The van der Waals surface area contributed by atoms with Crippen LogP contribution in [0.2, 0.25) is 0 Å². The van der Waals surface area contributed by atoms with Crippen molar-refractivity contribution in [3.8, 4) is 5.69 Å². The molecule has 3 aromatic rings. The van der Waals surface area contributed by atoms with E-state index < -0.39 is 12.1 Å². The number of nitrogens with zero attached hydrogens (tertiary/aromatic N) is 2. The first kappa shape index (κ1) is 16.6. The quantitative estimate of drug-likeness (QED) is 0.662. The van der Waals surface area contributed by atoms with Crippen molar-refractivity contribution in [1.82, 2.24) is 4.57 Å². The van der Waals surface area contributed by atoms with Gasteiger partial charge in [-0.2, -0.15) is 0 Å². The topological polar surface area (TPSA) is 51.5 Å². The summed E-state index contributed by atoms with van der Waals surface area (Å²) in [4.78, 5) is 27.6. The molecule has 0 fully saturated rings. The Morgan fingerprint density at radius 2 is 1.85 bits per heavy atom. The fourth-order valence-corrected chi connectivity index (χ4v) is 3.98. The third-order valence-corrected chi connectivity index (χ3v) is 5.38. The molecule has 1 aliphatic rings. The molecule has 5 nitrogen and oxygen atoms in total. The Bertz CT molecular complexity index is 946. The number of carbonyl (C=O) groups is 2. The normalized spacial score (nSPS) is 14.1. The van der Waals surface area contributed by atoms with Gasteiger partial charge in [0.2, 0.25) is 0 Å². The number of esters is 1. The molecule has 4 rings (SSSR count). The molecule has 1 unspecified atom stereocenters. The van der Waals surface area contributed by atoms with Crippen LogP contribution in [0.4, 0.5) is 5.69 Å². The van der Waals surface area contributed by atoms with Gasteiger partial charge in [-0.3, -0.25) is 4.79 Å². The lowest BCUT2D eigenvalue weighted by molar-refractivity contribution is -0.126. The van der Waals surface area contributed by atoms with Crippen molar-refractivity contribution in [2.75, 3.05) is 11.4 Å². The molecule has 6 heteroatoms. The highest BCUT2D eigenvalue weighted by molar-refractivity contribution is 7.12. The van der Waals surface area contributed by atoms with Gasteiger partial charge in [0.25, 0.3) is 5.91 Å². The van der Waals surface area contributed by atoms with E-state index >= 15 is 0 Å². The van der Waals surface area contributed by atoms with Crippen molar-refractivity contribution in [2.24, 2.45) is 0 Å². The zero-order chi connectivity index (χ0) is 18.1. The van der Waals surface area contributed by atoms with Crippen LogP contribution in [0.3, 0.4) is 0 Å².